The third kappa shape index (κ3) is 3.09. The van der Waals surface area contributed by atoms with Gasteiger partial charge in [0.25, 0.3) is 5.91 Å². The van der Waals surface area contributed by atoms with Crippen LogP contribution in [0.1, 0.15) is 30.0 Å². The van der Waals surface area contributed by atoms with E-state index in [-0.39, 0.29) is 12.0 Å². The number of benzene rings is 1. The van der Waals surface area contributed by atoms with E-state index >= 15 is 0 Å². The average Bonchev–Trinajstić information content (AvgIpc) is 2.98. The third-order valence-corrected chi connectivity index (χ3v) is 3.45. The number of nitrogens with one attached hydrogen (secondary N) is 1. The Labute approximate surface area is 123 Å². The van der Waals surface area contributed by atoms with Crippen LogP contribution in [-0.4, -0.2) is 30.9 Å². The molecule has 0 spiro atoms. The summed E-state index contributed by atoms with van der Waals surface area (Å²) in [7, 11) is 0. The van der Waals surface area contributed by atoms with Gasteiger partial charge in [-0.05, 0) is 39.0 Å². The van der Waals surface area contributed by atoms with E-state index in [4.69, 9.17) is 13.9 Å². The zero-order valence-corrected chi connectivity index (χ0v) is 12.4. The number of rotatable bonds is 3. The minimum Gasteiger partial charge on any atom is -0.451 e. The van der Waals surface area contributed by atoms with Crippen LogP contribution in [0.5, 0.6) is 0 Å². The molecule has 1 N–H and O–H groups in total. The Bertz CT molecular complexity index is 674. The van der Waals surface area contributed by atoms with Crippen LogP contribution in [0.2, 0.25) is 0 Å². The molecule has 1 aliphatic heterocycles. The SMILES string of the molecule is Cc1ccc2oc(C(=O)NCC3COC(C)(C)O3)cc2c1. The molecule has 5 heteroatoms. The van der Waals surface area contributed by atoms with Gasteiger partial charge in [0.1, 0.15) is 11.7 Å². The Kier molecular flexibility index (Phi) is 3.47. The second-order valence-electron chi connectivity index (χ2n) is 5.81. The molecule has 1 fully saturated rings. The summed E-state index contributed by atoms with van der Waals surface area (Å²) >= 11 is 0. The maximum absolute atomic E-state index is 12.1. The minimum atomic E-state index is -0.577. The van der Waals surface area contributed by atoms with Gasteiger partial charge in [0, 0.05) is 11.9 Å². The first-order valence-electron chi connectivity index (χ1n) is 7.03. The molecule has 1 aromatic carbocycles. The molecule has 1 saturated heterocycles. The standard InChI is InChI=1S/C16H19NO4/c1-10-4-5-13-11(6-10)7-14(20-13)15(18)17-8-12-9-19-16(2,3)21-12/h4-7,12H,8-9H2,1-3H3,(H,17,18). The predicted molar refractivity (Wildman–Crippen MR) is 78.2 cm³/mol. The zero-order valence-electron chi connectivity index (χ0n) is 12.4. The zero-order chi connectivity index (χ0) is 15.0. The van der Waals surface area contributed by atoms with Crippen LogP contribution in [-0.2, 0) is 9.47 Å². The first-order valence-corrected chi connectivity index (χ1v) is 7.03. The minimum absolute atomic E-state index is 0.129. The fraction of sp³-hybridized carbons (Fsp3) is 0.438. The second-order valence-corrected chi connectivity index (χ2v) is 5.81. The molecule has 0 bridgehead atoms. The average molecular weight is 289 g/mol. The highest BCUT2D eigenvalue weighted by Gasteiger charge is 2.32. The lowest BCUT2D eigenvalue weighted by atomic mass is 10.2. The van der Waals surface area contributed by atoms with Crippen molar-refractivity contribution in [2.24, 2.45) is 0 Å². The topological polar surface area (TPSA) is 60.7 Å². The highest BCUT2D eigenvalue weighted by molar-refractivity contribution is 5.96. The van der Waals surface area contributed by atoms with Gasteiger partial charge in [-0.2, -0.15) is 0 Å². The van der Waals surface area contributed by atoms with E-state index in [1.54, 1.807) is 6.07 Å². The largest absolute Gasteiger partial charge is 0.451 e. The lowest BCUT2D eigenvalue weighted by molar-refractivity contribution is -0.137. The second kappa shape index (κ2) is 5.16. The van der Waals surface area contributed by atoms with Crippen molar-refractivity contribution in [2.45, 2.75) is 32.7 Å². The summed E-state index contributed by atoms with van der Waals surface area (Å²) in [6.45, 7) is 6.60. The van der Waals surface area contributed by atoms with Crippen molar-refractivity contribution in [1.82, 2.24) is 5.32 Å². The van der Waals surface area contributed by atoms with Gasteiger partial charge in [0.15, 0.2) is 11.5 Å². The highest BCUT2D eigenvalue weighted by Crippen LogP contribution is 2.22. The van der Waals surface area contributed by atoms with Crippen LogP contribution in [0.25, 0.3) is 11.0 Å². The van der Waals surface area contributed by atoms with E-state index in [9.17, 15) is 4.79 Å². The summed E-state index contributed by atoms with van der Waals surface area (Å²) in [5.74, 6) is -0.502. The van der Waals surface area contributed by atoms with Crippen molar-refractivity contribution < 1.29 is 18.7 Å². The number of fused-ring (bicyclic) bond motifs is 1. The number of hydrogen-bond donors (Lipinski definition) is 1. The van der Waals surface area contributed by atoms with E-state index in [2.05, 4.69) is 5.32 Å². The normalized spacial score (nSPS) is 20.8. The molecule has 112 valence electrons. The predicted octanol–water partition coefficient (Wildman–Crippen LogP) is 2.62. The first-order chi connectivity index (χ1) is 9.93. The Hall–Kier alpha value is -1.85. The van der Waals surface area contributed by atoms with Crippen LogP contribution in [0.15, 0.2) is 28.7 Å². The Balaban J connectivity index is 1.64. The molecule has 0 saturated carbocycles. The molecule has 5 nitrogen and oxygen atoms in total. The number of ether oxygens (including phenoxy) is 2. The molecule has 1 aromatic heterocycles. The van der Waals surface area contributed by atoms with Gasteiger partial charge in [0.2, 0.25) is 0 Å². The molecule has 0 aliphatic carbocycles. The van der Waals surface area contributed by atoms with Crippen LogP contribution in [0.4, 0.5) is 0 Å². The maximum Gasteiger partial charge on any atom is 0.287 e. The maximum atomic E-state index is 12.1. The lowest BCUT2D eigenvalue weighted by Crippen LogP contribution is -2.34. The van der Waals surface area contributed by atoms with Crippen molar-refractivity contribution in [2.75, 3.05) is 13.2 Å². The van der Waals surface area contributed by atoms with E-state index in [0.717, 1.165) is 10.9 Å². The summed E-state index contributed by atoms with van der Waals surface area (Å²) in [4.78, 5) is 12.1. The summed E-state index contributed by atoms with van der Waals surface area (Å²) in [5, 5.41) is 3.75. The fourth-order valence-electron chi connectivity index (χ4n) is 2.43. The molecule has 1 amide bonds. The van der Waals surface area contributed by atoms with Gasteiger partial charge in [-0.3, -0.25) is 4.79 Å². The molecular weight excluding hydrogens is 270 g/mol. The molecule has 3 rings (SSSR count). The van der Waals surface area contributed by atoms with Gasteiger partial charge in [-0.15, -0.1) is 0 Å². The molecule has 0 radical (unpaired) electrons. The van der Waals surface area contributed by atoms with Crippen molar-refractivity contribution >= 4 is 16.9 Å². The molecule has 1 unspecified atom stereocenters. The van der Waals surface area contributed by atoms with Crippen LogP contribution in [0, 0.1) is 6.92 Å². The molecule has 1 atom stereocenters. The van der Waals surface area contributed by atoms with E-state index in [1.165, 1.54) is 0 Å². The van der Waals surface area contributed by atoms with Gasteiger partial charge in [-0.1, -0.05) is 11.6 Å². The van der Waals surface area contributed by atoms with Gasteiger partial charge >= 0.3 is 0 Å². The Morgan fingerprint density at radius 1 is 1.38 bits per heavy atom. The van der Waals surface area contributed by atoms with Crippen molar-refractivity contribution in [3.05, 3.63) is 35.6 Å². The number of aryl methyl sites for hydroxylation is 1. The summed E-state index contributed by atoms with van der Waals surface area (Å²) in [6.07, 6.45) is -0.129. The van der Waals surface area contributed by atoms with Crippen LogP contribution < -0.4 is 5.32 Å². The van der Waals surface area contributed by atoms with Crippen LogP contribution in [0.3, 0.4) is 0 Å². The number of carbonyl (C=O) groups is 1. The summed E-state index contributed by atoms with van der Waals surface area (Å²) < 4.78 is 16.7. The Morgan fingerprint density at radius 2 is 2.19 bits per heavy atom. The number of furan rings is 1. The van der Waals surface area contributed by atoms with Gasteiger partial charge in [0.05, 0.1) is 6.61 Å². The van der Waals surface area contributed by atoms with E-state index in [0.29, 0.717) is 24.5 Å². The molecule has 2 heterocycles. The number of hydrogen-bond acceptors (Lipinski definition) is 4. The first kappa shape index (κ1) is 14.1. The molecule has 21 heavy (non-hydrogen) atoms. The summed E-state index contributed by atoms with van der Waals surface area (Å²) in [6, 6.07) is 7.58. The van der Waals surface area contributed by atoms with Gasteiger partial charge in [-0.25, -0.2) is 0 Å². The molecule has 1 aliphatic rings. The van der Waals surface area contributed by atoms with E-state index < -0.39 is 5.79 Å². The van der Waals surface area contributed by atoms with Crippen LogP contribution >= 0.6 is 0 Å². The quantitative estimate of drug-likeness (QED) is 0.943. The summed E-state index contributed by atoms with van der Waals surface area (Å²) in [5.41, 5.74) is 1.85. The van der Waals surface area contributed by atoms with Crippen molar-refractivity contribution in [3.63, 3.8) is 0 Å². The highest BCUT2D eigenvalue weighted by atomic mass is 16.7. The number of amides is 1. The monoisotopic (exact) mass is 289 g/mol. The smallest absolute Gasteiger partial charge is 0.287 e. The Morgan fingerprint density at radius 3 is 2.90 bits per heavy atom. The van der Waals surface area contributed by atoms with Crippen molar-refractivity contribution in [1.29, 1.82) is 0 Å². The van der Waals surface area contributed by atoms with Gasteiger partial charge < -0.3 is 19.2 Å². The lowest BCUT2D eigenvalue weighted by Gasteiger charge is -2.17. The number of carbonyl (C=O) groups excluding carboxylic acids is 1. The molecular formula is C16H19NO4. The fourth-order valence-corrected chi connectivity index (χ4v) is 2.43. The van der Waals surface area contributed by atoms with E-state index in [1.807, 2.05) is 39.0 Å². The third-order valence-electron chi connectivity index (χ3n) is 3.45. The van der Waals surface area contributed by atoms with Crippen molar-refractivity contribution in [3.8, 4) is 0 Å². The molecule has 2 aromatic rings.